The highest BCUT2D eigenvalue weighted by Gasteiger charge is 2.21. The Kier molecular flexibility index (Phi) is 12.4. The van der Waals surface area contributed by atoms with Crippen molar-refractivity contribution in [1.82, 2.24) is 0 Å². The molecule has 3 aromatic carbocycles. The molecule has 0 aliphatic heterocycles. The standard InChI is InChI=1S/C33H40O6/c1-4-6-8-10-12-16-22-36-32(34)38-30-26-18-14-15-19-27(26)31(29-24-25(3)20-21-28(29)30)39-33(35)37-23-17-13-11-9-7-5-2/h14-24H,4-13H2,1-3H3/b22-16+,23-17+. The van der Waals surface area contributed by atoms with Crippen molar-refractivity contribution in [2.75, 3.05) is 0 Å². The number of aryl methyl sites for hydroxylation is 1. The lowest BCUT2D eigenvalue weighted by Crippen LogP contribution is -2.10. The van der Waals surface area contributed by atoms with Gasteiger partial charge in [-0.3, -0.25) is 0 Å². The highest BCUT2D eigenvalue weighted by molar-refractivity contribution is 6.12. The maximum absolute atomic E-state index is 12.6. The zero-order valence-corrected chi connectivity index (χ0v) is 23.4. The van der Waals surface area contributed by atoms with Crippen LogP contribution in [-0.2, 0) is 9.47 Å². The van der Waals surface area contributed by atoms with Gasteiger partial charge in [0, 0.05) is 21.5 Å². The van der Waals surface area contributed by atoms with Crippen molar-refractivity contribution in [3.05, 3.63) is 72.7 Å². The second-order valence-corrected chi connectivity index (χ2v) is 9.63. The Labute approximate surface area is 231 Å². The van der Waals surface area contributed by atoms with Crippen molar-refractivity contribution in [1.29, 1.82) is 0 Å². The van der Waals surface area contributed by atoms with Gasteiger partial charge in [0.15, 0.2) is 0 Å². The van der Waals surface area contributed by atoms with E-state index in [0.29, 0.717) is 33.0 Å². The first kappa shape index (κ1) is 29.8. The Balaban J connectivity index is 1.80. The van der Waals surface area contributed by atoms with E-state index in [4.69, 9.17) is 18.9 Å². The van der Waals surface area contributed by atoms with Gasteiger partial charge in [-0.05, 0) is 50.8 Å². The number of rotatable bonds is 14. The van der Waals surface area contributed by atoms with Gasteiger partial charge in [0.1, 0.15) is 11.5 Å². The lowest BCUT2D eigenvalue weighted by atomic mass is 9.99. The molecule has 0 radical (unpaired) electrons. The van der Waals surface area contributed by atoms with Gasteiger partial charge < -0.3 is 18.9 Å². The van der Waals surface area contributed by atoms with Crippen LogP contribution in [0.4, 0.5) is 9.59 Å². The first-order valence-corrected chi connectivity index (χ1v) is 14.1. The molecule has 6 nitrogen and oxygen atoms in total. The molecule has 0 unspecified atom stereocenters. The van der Waals surface area contributed by atoms with Gasteiger partial charge in [-0.25, -0.2) is 9.59 Å². The SMILES string of the molecule is CCCCCC/C=C/OC(=O)Oc1c2ccccc2c(OC(=O)O/C=C/CCCCCC)c2cc(C)ccc12. The molecule has 0 aromatic heterocycles. The first-order valence-electron chi connectivity index (χ1n) is 14.1. The number of unbranched alkanes of at least 4 members (excludes halogenated alkanes) is 8. The number of carbonyl (C=O) groups excluding carboxylic acids is 2. The molecule has 0 amide bonds. The molecule has 6 heteroatoms. The second-order valence-electron chi connectivity index (χ2n) is 9.63. The summed E-state index contributed by atoms with van der Waals surface area (Å²) < 4.78 is 21.8. The van der Waals surface area contributed by atoms with Crippen molar-refractivity contribution in [3.8, 4) is 11.5 Å². The van der Waals surface area contributed by atoms with Crippen LogP contribution in [0.5, 0.6) is 11.5 Å². The van der Waals surface area contributed by atoms with Crippen LogP contribution in [0.15, 0.2) is 67.1 Å². The maximum Gasteiger partial charge on any atom is 0.518 e. The van der Waals surface area contributed by atoms with Crippen LogP contribution in [-0.4, -0.2) is 12.3 Å². The smallest absolute Gasteiger partial charge is 0.403 e. The molecule has 0 aliphatic carbocycles. The summed E-state index contributed by atoms with van der Waals surface area (Å²) in [5, 5.41) is 2.48. The summed E-state index contributed by atoms with van der Waals surface area (Å²) in [5.74, 6) is 0.688. The number of ether oxygens (including phenoxy) is 4. The van der Waals surface area contributed by atoms with E-state index in [1.54, 1.807) is 0 Å². The molecule has 39 heavy (non-hydrogen) atoms. The van der Waals surface area contributed by atoms with Crippen molar-refractivity contribution >= 4 is 33.9 Å². The van der Waals surface area contributed by atoms with Crippen LogP contribution in [0, 0.1) is 6.92 Å². The Morgan fingerprint density at radius 2 is 1.13 bits per heavy atom. The molecule has 0 saturated carbocycles. The van der Waals surface area contributed by atoms with E-state index in [1.165, 1.54) is 38.2 Å². The third-order valence-corrected chi connectivity index (χ3v) is 6.42. The van der Waals surface area contributed by atoms with Crippen LogP contribution in [0.3, 0.4) is 0 Å². The van der Waals surface area contributed by atoms with Crippen molar-refractivity contribution in [2.24, 2.45) is 0 Å². The third-order valence-electron chi connectivity index (χ3n) is 6.42. The number of fused-ring (bicyclic) bond motifs is 2. The lowest BCUT2D eigenvalue weighted by Gasteiger charge is -2.16. The predicted octanol–water partition coefficient (Wildman–Crippen LogP) is 10.3. The second kappa shape index (κ2) is 16.2. The van der Waals surface area contributed by atoms with E-state index in [9.17, 15) is 9.59 Å². The summed E-state index contributed by atoms with van der Waals surface area (Å²) in [6.45, 7) is 6.28. The monoisotopic (exact) mass is 532 g/mol. The van der Waals surface area contributed by atoms with E-state index in [1.807, 2.05) is 61.5 Å². The number of hydrogen-bond donors (Lipinski definition) is 0. The minimum atomic E-state index is -0.830. The van der Waals surface area contributed by atoms with Crippen LogP contribution < -0.4 is 9.47 Å². The van der Waals surface area contributed by atoms with Crippen molar-refractivity contribution in [2.45, 2.75) is 85.0 Å². The fourth-order valence-electron chi connectivity index (χ4n) is 4.37. The zero-order chi connectivity index (χ0) is 27.9. The van der Waals surface area contributed by atoms with E-state index < -0.39 is 12.3 Å². The Morgan fingerprint density at radius 3 is 1.64 bits per heavy atom. The molecule has 3 aromatic rings. The largest absolute Gasteiger partial charge is 0.518 e. The number of allylic oxidation sites excluding steroid dienone is 2. The van der Waals surface area contributed by atoms with E-state index in [-0.39, 0.29) is 0 Å². The van der Waals surface area contributed by atoms with Gasteiger partial charge in [-0.2, -0.15) is 0 Å². The topological polar surface area (TPSA) is 71.1 Å². The predicted molar refractivity (Wildman–Crippen MR) is 156 cm³/mol. The summed E-state index contributed by atoms with van der Waals surface area (Å²) in [6, 6.07) is 12.9. The third kappa shape index (κ3) is 9.17. The van der Waals surface area contributed by atoms with Gasteiger partial charge in [-0.15, -0.1) is 0 Å². The Morgan fingerprint density at radius 1 is 0.641 bits per heavy atom. The van der Waals surface area contributed by atoms with Crippen LogP contribution >= 0.6 is 0 Å². The fourth-order valence-corrected chi connectivity index (χ4v) is 4.37. The van der Waals surface area contributed by atoms with Crippen molar-refractivity contribution in [3.63, 3.8) is 0 Å². The fraction of sp³-hybridized carbons (Fsp3) is 0.394. The summed E-state index contributed by atoms with van der Waals surface area (Å²) in [5.41, 5.74) is 0.961. The van der Waals surface area contributed by atoms with E-state index >= 15 is 0 Å². The lowest BCUT2D eigenvalue weighted by molar-refractivity contribution is 0.134. The molecule has 0 heterocycles. The quantitative estimate of drug-likeness (QED) is 0.0676. The van der Waals surface area contributed by atoms with Gasteiger partial charge in [0.05, 0.1) is 12.5 Å². The van der Waals surface area contributed by atoms with Crippen LogP contribution in [0.2, 0.25) is 0 Å². The van der Waals surface area contributed by atoms with Gasteiger partial charge in [0.2, 0.25) is 0 Å². The molecule has 0 spiro atoms. The van der Waals surface area contributed by atoms with Gasteiger partial charge in [0.25, 0.3) is 0 Å². The summed E-state index contributed by atoms with van der Waals surface area (Å²) in [7, 11) is 0. The van der Waals surface area contributed by atoms with Gasteiger partial charge >= 0.3 is 12.3 Å². The minimum absolute atomic E-state index is 0.342. The molecule has 0 saturated heterocycles. The van der Waals surface area contributed by atoms with E-state index in [2.05, 4.69) is 13.8 Å². The molecular formula is C33H40O6. The zero-order valence-electron chi connectivity index (χ0n) is 23.4. The van der Waals surface area contributed by atoms with E-state index in [0.717, 1.165) is 44.1 Å². The molecule has 0 bridgehead atoms. The van der Waals surface area contributed by atoms with Crippen LogP contribution in [0.25, 0.3) is 21.5 Å². The molecule has 208 valence electrons. The number of hydrogen-bond acceptors (Lipinski definition) is 6. The van der Waals surface area contributed by atoms with Crippen LogP contribution in [0.1, 0.15) is 83.6 Å². The molecular weight excluding hydrogens is 492 g/mol. The molecule has 0 fully saturated rings. The number of benzene rings is 3. The first-order chi connectivity index (χ1) is 19.0. The highest BCUT2D eigenvalue weighted by atomic mass is 16.7. The molecule has 3 rings (SSSR count). The average Bonchev–Trinajstić information content (AvgIpc) is 2.93. The summed E-state index contributed by atoms with van der Waals surface area (Å²) in [6.07, 6.45) is 15.6. The molecule has 0 N–H and O–H groups in total. The average molecular weight is 533 g/mol. The normalized spacial score (nSPS) is 11.5. The van der Waals surface area contributed by atoms with Crippen molar-refractivity contribution < 1.29 is 28.5 Å². The Bertz CT molecular complexity index is 1290. The molecule has 0 atom stereocenters. The molecule has 0 aliphatic rings. The minimum Gasteiger partial charge on any atom is -0.403 e. The maximum atomic E-state index is 12.6. The Hall–Kier alpha value is -3.80. The number of carbonyl (C=O) groups is 2. The summed E-state index contributed by atoms with van der Waals surface area (Å²) in [4.78, 5) is 25.2. The van der Waals surface area contributed by atoms with Gasteiger partial charge in [-0.1, -0.05) is 94.3 Å². The highest BCUT2D eigenvalue weighted by Crippen LogP contribution is 2.43. The summed E-state index contributed by atoms with van der Waals surface area (Å²) >= 11 is 0.